The number of nitrogens with zero attached hydrogens (tertiary/aromatic N) is 1. The van der Waals surface area contributed by atoms with E-state index in [9.17, 15) is 4.79 Å². The Morgan fingerprint density at radius 2 is 1.73 bits per heavy atom. The topological polar surface area (TPSA) is 73.4 Å². The maximum Gasteiger partial charge on any atom is 0.296 e. The molecule has 0 amide bonds. The summed E-state index contributed by atoms with van der Waals surface area (Å²) in [5.41, 5.74) is 5.99. The third-order valence-corrected chi connectivity index (χ3v) is 5.45. The molecule has 1 aromatic heterocycles. The number of hydrogen-bond donors (Lipinski definition) is 1. The summed E-state index contributed by atoms with van der Waals surface area (Å²) >= 11 is 0. The molecule has 0 radical (unpaired) electrons. The maximum atomic E-state index is 12.7. The number of hydrogen-bond acceptors (Lipinski definition) is 5. The molecule has 2 aromatic carbocycles. The molecule has 0 atom stereocenters. The van der Waals surface area contributed by atoms with Gasteiger partial charge in [0, 0.05) is 24.4 Å². The van der Waals surface area contributed by atoms with E-state index in [0.717, 1.165) is 33.6 Å². The highest BCUT2D eigenvalue weighted by Crippen LogP contribution is 2.38. The quantitative estimate of drug-likeness (QED) is 0.492. The van der Waals surface area contributed by atoms with E-state index in [1.807, 2.05) is 18.2 Å². The average molecular weight is 449 g/mol. The lowest BCUT2D eigenvalue weighted by atomic mass is 9.83. The first kappa shape index (κ1) is 24.3. The minimum Gasteiger partial charge on any atom is -0.496 e. The summed E-state index contributed by atoms with van der Waals surface area (Å²) in [4.78, 5) is 19.6. The van der Waals surface area contributed by atoms with Gasteiger partial charge in [-0.25, -0.2) is 4.98 Å². The highest BCUT2D eigenvalue weighted by molar-refractivity contribution is 5.79. The van der Waals surface area contributed by atoms with Gasteiger partial charge in [-0.1, -0.05) is 56.7 Å². The first-order chi connectivity index (χ1) is 15.7. The fourth-order valence-electron chi connectivity index (χ4n) is 3.76. The molecule has 0 saturated heterocycles. The molecule has 0 aliphatic carbocycles. The Bertz CT molecular complexity index is 1220. The number of aromatic nitrogens is 2. The van der Waals surface area contributed by atoms with Gasteiger partial charge in [-0.3, -0.25) is 9.78 Å². The van der Waals surface area contributed by atoms with E-state index in [0.29, 0.717) is 12.2 Å². The van der Waals surface area contributed by atoms with Gasteiger partial charge in [-0.15, -0.1) is 0 Å². The van der Waals surface area contributed by atoms with Crippen LogP contribution in [0.2, 0.25) is 0 Å². The van der Waals surface area contributed by atoms with Crippen LogP contribution < -0.4 is 15.0 Å². The first-order valence-electron chi connectivity index (χ1n) is 10.8. The summed E-state index contributed by atoms with van der Waals surface area (Å²) in [6.07, 6.45) is 5.61. The molecule has 6 nitrogen and oxygen atoms in total. The highest BCUT2D eigenvalue weighted by atomic mass is 16.5. The van der Waals surface area contributed by atoms with Crippen LogP contribution in [0.15, 0.2) is 41.3 Å². The minimum absolute atomic E-state index is 0.179. The van der Waals surface area contributed by atoms with E-state index in [2.05, 4.69) is 61.9 Å². The van der Waals surface area contributed by atoms with Crippen molar-refractivity contribution in [2.45, 2.75) is 39.7 Å². The van der Waals surface area contributed by atoms with Gasteiger partial charge >= 0.3 is 0 Å². The lowest BCUT2D eigenvalue weighted by Gasteiger charge is -2.24. The maximum absolute atomic E-state index is 12.7. The van der Waals surface area contributed by atoms with Crippen LogP contribution in [-0.2, 0) is 16.8 Å². The number of nitrogens with one attached hydrogen (secondary N) is 1. The van der Waals surface area contributed by atoms with Gasteiger partial charge in [-0.2, -0.15) is 0 Å². The zero-order chi connectivity index (χ0) is 24.2. The van der Waals surface area contributed by atoms with Crippen molar-refractivity contribution in [2.24, 2.45) is 0 Å². The number of H-pyrrole nitrogens is 1. The lowest BCUT2D eigenvalue weighted by molar-refractivity contribution is 0.184. The smallest absolute Gasteiger partial charge is 0.296 e. The van der Waals surface area contributed by atoms with Crippen molar-refractivity contribution in [2.75, 3.05) is 21.3 Å². The highest BCUT2D eigenvalue weighted by Gasteiger charge is 2.23. The molecule has 0 aliphatic heterocycles. The van der Waals surface area contributed by atoms with Crippen molar-refractivity contribution in [3.63, 3.8) is 0 Å². The summed E-state index contributed by atoms with van der Waals surface area (Å²) in [6.45, 7) is 8.95. The Morgan fingerprint density at radius 3 is 2.33 bits per heavy atom. The van der Waals surface area contributed by atoms with Crippen LogP contribution in [0.4, 0.5) is 0 Å². The average Bonchev–Trinajstić information content (AvgIpc) is 2.77. The molecule has 1 N–H and O–H groups in total. The third-order valence-electron chi connectivity index (χ3n) is 5.45. The number of benzene rings is 2. The predicted octanol–water partition coefficient (Wildman–Crippen LogP) is 5.38. The Morgan fingerprint density at radius 1 is 1.00 bits per heavy atom. The third kappa shape index (κ3) is 5.52. The van der Waals surface area contributed by atoms with E-state index in [-0.39, 0.29) is 17.0 Å². The minimum atomic E-state index is -0.261. The van der Waals surface area contributed by atoms with E-state index in [1.165, 1.54) is 18.9 Å². The van der Waals surface area contributed by atoms with Crippen LogP contribution in [0.5, 0.6) is 11.8 Å². The number of methoxy groups -OCH3 is 3. The first-order valence-corrected chi connectivity index (χ1v) is 10.8. The molecule has 0 fully saturated rings. The fourth-order valence-corrected chi connectivity index (χ4v) is 3.76. The molecule has 0 spiro atoms. The zero-order valence-corrected chi connectivity index (χ0v) is 20.4. The number of rotatable bonds is 7. The zero-order valence-electron chi connectivity index (χ0n) is 20.4. The van der Waals surface area contributed by atoms with Gasteiger partial charge in [0.05, 0.1) is 26.4 Å². The summed E-state index contributed by atoms with van der Waals surface area (Å²) in [6, 6.07) is 10.4. The van der Waals surface area contributed by atoms with E-state index >= 15 is 0 Å². The number of ether oxygens (including phenoxy) is 3. The molecule has 0 bridgehead atoms. The van der Waals surface area contributed by atoms with Gasteiger partial charge in [0.25, 0.3) is 11.6 Å². The molecule has 3 aromatic rings. The van der Waals surface area contributed by atoms with Crippen molar-refractivity contribution in [3.8, 4) is 22.9 Å². The summed E-state index contributed by atoms with van der Waals surface area (Å²) < 4.78 is 16.3. The molecule has 0 unspecified atom stereocenters. The molecule has 6 heteroatoms. The van der Waals surface area contributed by atoms with Crippen molar-refractivity contribution in [1.82, 2.24) is 9.97 Å². The van der Waals surface area contributed by atoms with Gasteiger partial charge in [0.2, 0.25) is 0 Å². The predicted molar refractivity (Wildman–Crippen MR) is 133 cm³/mol. The van der Waals surface area contributed by atoms with Crippen LogP contribution in [0.1, 0.15) is 48.6 Å². The SMILES string of the molecule is COCc1cc(C)ccc1/C=C/c1cc(-c2cnc(OC)[nH]c2=O)cc(C(C)(C)C)c1OC. The molecular weight excluding hydrogens is 416 g/mol. The molecule has 33 heavy (non-hydrogen) atoms. The second-order valence-electron chi connectivity index (χ2n) is 9.00. The monoisotopic (exact) mass is 448 g/mol. The Kier molecular flexibility index (Phi) is 7.39. The van der Waals surface area contributed by atoms with E-state index in [4.69, 9.17) is 14.2 Å². The van der Waals surface area contributed by atoms with Gasteiger partial charge < -0.3 is 14.2 Å². The molecule has 0 saturated carbocycles. The van der Waals surface area contributed by atoms with E-state index in [1.54, 1.807) is 14.2 Å². The van der Waals surface area contributed by atoms with Crippen LogP contribution in [-0.4, -0.2) is 31.3 Å². The normalized spacial score (nSPS) is 11.7. The molecular formula is C27H32N2O4. The van der Waals surface area contributed by atoms with Crippen LogP contribution in [0, 0.1) is 6.92 Å². The summed E-state index contributed by atoms with van der Waals surface area (Å²) in [5, 5.41) is 0. The number of aromatic amines is 1. The molecule has 3 rings (SSSR count). The standard InChI is InChI=1S/C27H32N2O4/c1-17-8-9-18(21(12-17)16-31-5)10-11-19-13-20(14-23(24(19)32-6)27(2,3)4)22-15-28-26(33-7)29-25(22)30/h8-15H,16H2,1-7H3,(H,28,29,30)/b11-10+. The summed E-state index contributed by atoms with van der Waals surface area (Å²) in [7, 11) is 4.83. The second-order valence-corrected chi connectivity index (χ2v) is 9.00. The fraction of sp³-hybridized carbons (Fsp3) is 0.333. The molecule has 174 valence electrons. The van der Waals surface area contributed by atoms with Crippen molar-refractivity contribution < 1.29 is 14.2 Å². The second kappa shape index (κ2) is 10.0. The van der Waals surface area contributed by atoms with E-state index < -0.39 is 0 Å². The van der Waals surface area contributed by atoms with Crippen LogP contribution in [0.25, 0.3) is 23.3 Å². The Labute approximate surface area is 195 Å². The molecule has 1 heterocycles. The van der Waals surface area contributed by atoms with Crippen LogP contribution in [0.3, 0.4) is 0 Å². The van der Waals surface area contributed by atoms with Crippen LogP contribution >= 0.6 is 0 Å². The van der Waals surface area contributed by atoms with Crippen molar-refractivity contribution >= 4 is 12.2 Å². The lowest BCUT2D eigenvalue weighted by Crippen LogP contribution is -2.15. The Balaban J connectivity index is 2.20. The van der Waals surface area contributed by atoms with Crippen molar-refractivity contribution in [3.05, 3.63) is 74.7 Å². The van der Waals surface area contributed by atoms with Gasteiger partial charge in [0.1, 0.15) is 5.75 Å². The van der Waals surface area contributed by atoms with Gasteiger partial charge in [0.15, 0.2) is 0 Å². The largest absolute Gasteiger partial charge is 0.496 e. The molecule has 0 aliphatic rings. The Hall–Kier alpha value is -3.38. The number of aryl methyl sites for hydroxylation is 1. The van der Waals surface area contributed by atoms with Gasteiger partial charge in [-0.05, 0) is 41.2 Å². The summed E-state index contributed by atoms with van der Waals surface area (Å²) in [5.74, 6) is 0.779. The van der Waals surface area contributed by atoms with Crippen molar-refractivity contribution in [1.29, 1.82) is 0 Å².